The summed E-state index contributed by atoms with van der Waals surface area (Å²) < 4.78 is 2.15. The van der Waals surface area contributed by atoms with Gasteiger partial charge in [-0.15, -0.1) is 24.0 Å². The van der Waals surface area contributed by atoms with E-state index in [0.29, 0.717) is 0 Å². The van der Waals surface area contributed by atoms with Crippen molar-refractivity contribution in [3.63, 3.8) is 0 Å². The van der Waals surface area contributed by atoms with Crippen molar-refractivity contribution in [2.75, 3.05) is 7.05 Å². The van der Waals surface area contributed by atoms with Crippen molar-refractivity contribution in [3.8, 4) is 0 Å². The van der Waals surface area contributed by atoms with Gasteiger partial charge < -0.3 is 15.2 Å². The van der Waals surface area contributed by atoms with Crippen LogP contribution in [0.5, 0.6) is 0 Å². The predicted molar refractivity (Wildman–Crippen MR) is 126 cm³/mol. The molecule has 3 aromatic rings. The monoisotopic (exact) mass is 489 g/mol. The maximum absolute atomic E-state index is 4.35. The number of aromatic nitrogens is 2. The molecular weight excluding hydrogens is 461 g/mol. The van der Waals surface area contributed by atoms with E-state index in [1.165, 1.54) is 16.7 Å². The summed E-state index contributed by atoms with van der Waals surface area (Å²) in [5.74, 6) is 1.82. The molecule has 0 fully saturated rings. The number of guanidine groups is 1. The van der Waals surface area contributed by atoms with E-state index in [2.05, 4.69) is 80.6 Å². The highest BCUT2D eigenvalue weighted by atomic mass is 127. The second-order valence-corrected chi connectivity index (χ2v) is 6.62. The van der Waals surface area contributed by atoms with Crippen LogP contribution in [0.1, 0.15) is 35.5 Å². The van der Waals surface area contributed by atoms with Crippen molar-refractivity contribution in [3.05, 3.63) is 89.5 Å². The largest absolute Gasteiger partial charge is 0.352 e. The molecule has 0 amide bonds. The van der Waals surface area contributed by atoms with Crippen molar-refractivity contribution in [1.29, 1.82) is 0 Å². The molecule has 1 atom stereocenters. The number of hydrogen-bond acceptors (Lipinski definition) is 2. The van der Waals surface area contributed by atoms with E-state index >= 15 is 0 Å². The number of rotatable bonds is 6. The lowest BCUT2D eigenvalue weighted by atomic mass is 10.1. The molecule has 0 aliphatic rings. The van der Waals surface area contributed by atoms with Crippen LogP contribution in [0.25, 0.3) is 0 Å². The van der Waals surface area contributed by atoms with E-state index < -0.39 is 0 Å². The van der Waals surface area contributed by atoms with Crippen LogP contribution >= 0.6 is 24.0 Å². The number of aryl methyl sites for hydroxylation is 1. The van der Waals surface area contributed by atoms with Crippen LogP contribution in [0.2, 0.25) is 0 Å². The Morgan fingerprint density at radius 2 is 1.86 bits per heavy atom. The topological polar surface area (TPSA) is 54.2 Å². The highest BCUT2D eigenvalue weighted by Crippen LogP contribution is 2.11. The molecule has 5 nitrogen and oxygen atoms in total. The Bertz CT molecular complexity index is 889. The molecule has 0 bridgehead atoms. The zero-order valence-corrected chi connectivity index (χ0v) is 18.9. The molecular formula is C22H28IN5. The third-order valence-electron chi connectivity index (χ3n) is 4.60. The predicted octanol–water partition coefficient (Wildman–Crippen LogP) is 4.28. The Morgan fingerprint density at radius 1 is 1.11 bits per heavy atom. The number of halogens is 1. The van der Waals surface area contributed by atoms with E-state index in [4.69, 9.17) is 0 Å². The zero-order chi connectivity index (χ0) is 19.1. The summed E-state index contributed by atoms with van der Waals surface area (Å²) in [5.41, 5.74) is 3.72. The maximum Gasteiger partial charge on any atom is 0.191 e. The summed E-state index contributed by atoms with van der Waals surface area (Å²) in [4.78, 5) is 8.63. The van der Waals surface area contributed by atoms with Crippen LogP contribution in [-0.2, 0) is 13.1 Å². The molecule has 2 N–H and O–H groups in total. The quantitative estimate of drug-likeness (QED) is 0.309. The lowest BCUT2D eigenvalue weighted by molar-refractivity contribution is 0.685. The number of nitrogens with zero attached hydrogens (tertiary/aromatic N) is 3. The van der Waals surface area contributed by atoms with Gasteiger partial charge in [-0.3, -0.25) is 4.99 Å². The Labute approximate surface area is 184 Å². The summed E-state index contributed by atoms with van der Waals surface area (Å²) >= 11 is 0. The molecule has 0 saturated carbocycles. The summed E-state index contributed by atoms with van der Waals surface area (Å²) in [6, 6.07) is 19.2. The van der Waals surface area contributed by atoms with E-state index in [1.807, 2.05) is 25.4 Å². The second kappa shape index (κ2) is 10.8. The minimum absolute atomic E-state index is 0. The van der Waals surface area contributed by atoms with E-state index in [0.717, 1.165) is 24.9 Å². The standard InChI is InChI=1S/C22H27N5.HI/c1-17(21-10-5-4-6-11-21)26-22(23-3)25-15-19-8-7-9-20(14-19)16-27-13-12-24-18(27)2;/h4-14,17H,15-16H2,1-3H3,(H2,23,25,26);1H. The van der Waals surface area contributed by atoms with Gasteiger partial charge >= 0.3 is 0 Å². The average molecular weight is 489 g/mol. The highest BCUT2D eigenvalue weighted by Gasteiger charge is 2.07. The van der Waals surface area contributed by atoms with Crippen LogP contribution in [0.4, 0.5) is 0 Å². The smallest absolute Gasteiger partial charge is 0.191 e. The molecule has 0 saturated heterocycles. The highest BCUT2D eigenvalue weighted by molar-refractivity contribution is 14.0. The van der Waals surface area contributed by atoms with Crippen LogP contribution in [0.15, 0.2) is 72.0 Å². The minimum atomic E-state index is 0. The molecule has 28 heavy (non-hydrogen) atoms. The first-order valence-corrected chi connectivity index (χ1v) is 9.23. The van der Waals surface area contributed by atoms with Crippen LogP contribution in [-0.4, -0.2) is 22.6 Å². The first kappa shape index (κ1) is 21.9. The molecule has 0 aliphatic carbocycles. The number of nitrogens with one attached hydrogen (secondary N) is 2. The lowest BCUT2D eigenvalue weighted by Crippen LogP contribution is -2.38. The zero-order valence-electron chi connectivity index (χ0n) is 16.6. The van der Waals surface area contributed by atoms with E-state index in [-0.39, 0.29) is 30.0 Å². The molecule has 0 spiro atoms. The molecule has 1 aromatic heterocycles. The fraction of sp³-hybridized carbons (Fsp3) is 0.273. The SMILES string of the molecule is CN=C(NCc1cccc(Cn2ccnc2C)c1)NC(C)c1ccccc1.I. The second-order valence-electron chi connectivity index (χ2n) is 6.62. The third-order valence-corrected chi connectivity index (χ3v) is 4.60. The summed E-state index contributed by atoms with van der Waals surface area (Å²) in [5, 5.41) is 6.84. The lowest BCUT2D eigenvalue weighted by Gasteiger charge is -2.18. The Kier molecular flexibility index (Phi) is 8.50. The molecule has 2 aromatic carbocycles. The molecule has 1 unspecified atom stereocenters. The van der Waals surface area contributed by atoms with Gasteiger partial charge in [-0.25, -0.2) is 4.98 Å². The van der Waals surface area contributed by atoms with Crippen molar-refractivity contribution in [2.45, 2.75) is 33.0 Å². The number of imidazole rings is 1. The molecule has 6 heteroatoms. The normalized spacial score (nSPS) is 12.2. The van der Waals surface area contributed by atoms with Gasteiger partial charge in [0.2, 0.25) is 0 Å². The van der Waals surface area contributed by atoms with Gasteiger partial charge in [-0.05, 0) is 30.5 Å². The minimum Gasteiger partial charge on any atom is -0.352 e. The van der Waals surface area contributed by atoms with Crippen molar-refractivity contribution < 1.29 is 0 Å². The number of benzene rings is 2. The van der Waals surface area contributed by atoms with Crippen molar-refractivity contribution >= 4 is 29.9 Å². The van der Waals surface area contributed by atoms with Gasteiger partial charge in [0.15, 0.2) is 5.96 Å². The first-order valence-electron chi connectivity index (χ1n) is 9.23. The van der Waals surface area contributed by atoms with Gasteiger partial charge in [0.1, 0.15) is 5.82 Å². The van der Waals surface area contributed by atoms with Gasteiger partial charge in [0.05, 0.1) is 6.04 Å². The summed E-state index contributed by atoms with van der Waals surface area (Å²) in [6.07, 6.45) is 3.85. The molecule has 0 radical (unpaired) electrons. The van der Waals surface area contributed by atoms with Crippen LogP contribution in [0.3, 0.4) is 0 Å². The Hall–Kier alpha value is -2.35. The Balaban J connectivity index is 0.00000280. The van der Waals surface area contributed by atoms with Gasteiger partial charge in [-0.1, -0.05) is 54.6 Å². The van der Waals surface area contributed by atoms with E-state index in [1.54, 1.807) is 7.05 Å². The maximum atomic E-state index is 4.35. The molecule has 148 valence electrons. The van der Waals surface area contributed by atoms with E-state index in [9.17, 15) is 0 Å². The van der Waals surface area contributed by atoms with Gasteiger partial charge in [-0.2, -0.15) is 0 Å². The third kappa shape index (κ3) is 6.09. The van der Waals surface area contributed by atoms with Gasteiger partial charge in [0.25, 0.3) is 0 Å². The molecule has 0 aliphatic heterocycles. The van der Waals surface area contributed by atoms with Crippen LogP contribution < -0.4 is 10.6 Å². The van der Waals surface area contributed by atoms with Crippen molar-refractivity contribution in [2.24, 2.45) is 4.99 Å². The molecule has 1 heterocycles. The first-order chi connectivity index (χ1) is 13.2. The summed E-state index contributed by atoms with van der Waals surface area (Å²) in [6.45, 7) is 5.71. The van der Waals surface area contributed by atoms with Gasteiger partial charge in [0, 0.05) is 32.5 Å². The van der Waals surface area contributed by atoms with Crippen molar-refractivity contribution in [1.82, 2.24) is 20.2 Å². The number of hydrogen-bond donors (Lipinski definition) is 2. The fourth-order valence-electron chi connectivity index (χ4n) is 3.02. The summed E-state index contributed by atoms with van der Waals surface area (Å²) in [7, 11) is 1.80. The number of aliphatic imine (C=N–C) groups is 1. The average Bonchev–Trinajstić information content (AvgIpc) is 3.10. The fourth-order valence-corrected chi connectivity index (χ4v) is 3.02. The van der Waals surface area contributed by atoms with Crippen LogP contribution in [0, 0.1) is 6.92 Å². The molecule has 3 rings (SSSR count). The Morgan fingerprint density at radius 3 is 2.54 bits per heavy atom.